The Hall–Kier alpha value is -2.94. The van der Waals surface area contributed by atoms with Crippen LogP contribution in [-0.2, 0) is 21.2 Å². The highest BCUT2D eigenvalue weighted by Gasteiger charge is 2.17. The van der Waals surface area contributed by atoms with Gasteiger partial charge in [0.05, 0.1) is 4.90 Å². The summed E-state index contributed by atoms with van der Waals surface area (Å²) in [6.07, 6.45) is 4.70. The van der Waals surface area contributed by atoms with E-state index in [0.29, 0.717) is 23.6 Å². The van der Waals surface area contributed by atoms with Crippen LogP contribution in [-0.4, -0.2) is 37.6 Å². The van der Waals surface area contributed by atoms with E-state index in [1.807, 2.05) is 24.3 Å². The topological polar surface area (TPSA) is 106 Å². The van der Waals surface area contributed by atoms with E-state index in [0.717, 1.165) is 11.1 Å². The monoisotopic (exact) mass is 474 g/mol. The molecule has 32 heavy (non-hydrogen) atoms. The minimum atomic E-state index is -3.64. The first-order chi connectivity index (χ1) is 15.3. The van der Waals surface area contributed by atoms with E-state index < -0.39 is 22.6 Å². The van der Waals surface area contributed by atoms with Gasteiger partial charge in [-0.2, -0.15) is 0 Å². The van der Waals surface area contributed by atoms with Crippen molar-refractivity contribution in [3.8, 4) is 5.75 Å². The van der Waals surface area contributed by atoms with Gasteiger partial charge in [0.1, 0.15) is 5.75 Å². The number of carbonyl (C=O) groups is 1. The summed E-state index contributed by atoms with van der Waals surface area (Å²) in [7, 11) is -3.64. The van der Waals surface area contributed by atoms with Crippen LogP contribution in [0.2, 0.25) is 5.02 Å². The van der Waals surface area contributed by atoms with Gasteiger partial charge in [0.25, 0.3) is 0 Å². The van der Waals surface area contributed by atoms with Crippen LogP contribution in [0.5, 0.6) is 5.75 Å². The molecule has 0 radical (unpaired) electrons. The molecule has 1 atom stereocenters. The second kappa shape index (κ2) is 11.1. The number of benzene rings is 2. The number of sulfonamides is 1. The lowest BCUT2D eigenvalue weighted by Gasteiger charge is -2.18. The largest absolute Gasteiger partial charge is 0.482 e. The number of pyridine rings is 1. The number of ether oxygens (including phenoxy) is 1. The number of nitrogens with one attached hydrogen (secondary N) is 1. The average molecular weight is 475 g/mol. The normalized spacial score (nSPS) is 12.3. The lowest BCUT2D eigenvalue weighted by Crippen LogP contribution is -2.26. The SMILES string of the molecule is O=C(O)COc1ccc(CC(CCNS(=O)(=O)c2ccc(Cl)cc2)c2cccnc2)cc1. The van der Waals surface area contributed by atoms with Gasteiger partial charge in [-0.05, 0) is 72.4 Å². The van der Waals surface area contributed by atoms with Crippen LogP contribution in [0.3, 0.4) is 0 Å². The van der Waals surface area contributed by atoms with Gasteiger partial charge in [0.15, 0.2) is 6.61 Å². The maximum Gasteiger partial charge on any atom is 0.341 e. The second-order valence-corrected chi connectivity index (χ2v) is 9.36. The van der Waals surface area contributed by atoms with E-state index in [9.17, 15) is 13.2 Å². The molecular weight excluding hydrogens is 452 g/mol. The maximum absolute atomic E-state index is 12.5. The van der Waals surface area contributed by atoms with Crippen molar-refractivity contribution in [1.82, 2.24) is 9.71 Å². The number of carboxylic acids is 1. The smallest absolute Gasteiger partial charge is 0.341 e. The number of rotatable bonds is 11. The molecule has 7 nitrogen and oxygen atoms in total. The van der Waals surface area contributed by atoms with Crippen LogP contribution < -0.4 is 9.46 Å². The first kappa shape index (κ1) is 23.7. The number of carboxylic acid groups (broad SMARTS) is 1. The number of nitrogens with zero attached hydrogens (tertiary/aromatic N) is 1. The summed E-state index contributed by atoms with van der Waals surface area (Å²) in [5.74, 6) is -0.529. The molecule has 2 N–H and O–H groups in total. The summed E-state index contributed by atoms with van der Waals surface area (Å²) >= 11 is 5.84. The molecule has 168 valence electrons. The van der Waals surface area contributed by atoms with Crippen molar-refractivity contribution in [2.24, 2.45) is 0 Å². The fourth-order valence-corrected chi connectivity index (χ4v) is 4.39. The van der Waals surface area contributed by atoms with E-state index in [2.05, 4.69) is 9.71 Å². The molecule has 1 unspecified atom stereocenters. The molecule has 1 aromatic heterocycles. The molecule has 0 bridgehead atoms. The Balaban J connectivity index is 1.66. The van der Waals surface area contributed by atoms with Gasteiger partial charge < -0.3 is 9.84 Å². The highest BCUT2D eigenvalue weighted by molar-refractivity contribution is 7.89. The molecule has 0 amide bonds. The summed E-state index contributed by atoms with van der Waals surface area (Å²) in [4.78, 5) is 15.0. The van der Waals surface area contributed by atoms with Gasteiger partial charge in [0, 0.05) is 24.0 Å². The summed E-state index contributed by atoms with van der Waals surface area (Å²) in [6, 6.07) is 17.0. The van der Waals surface area contributed by atoms with Gasteiger partial charge in [-0.3, -0.25) is 4.98 Å². The van der Waals surface area contributed by atoms with Gasteiger partial charge in [-0.15, -0.1) is 0 Å². The van der Waals surface area contributed by atoms with Crippen molar-refractivity contribution in [1.29, 1.82) is 0 Å². The van der Waals surface area contributed by atoms with E-state index in [1.165, 1.54) is 12.1 Å². The molecule has 0 saturated carbocycles. The van der Waals surface area contributed by atoms with Crippen molar-refractivity contribution in [2.45, 2.75) is 23.7 Å². The molecular formula is C23H23ClN2O5S. The Morgan fingerprint density at radius 3 is 2.44 bits per heavy atom. The van der Waals surface area contributed by atoms with E-state index in [-0.39, 0.29) is 17.4 Å². The van der Waals surface area contributed by atoms with Crippen molar-refractivity contribution in [3.63, 3.8) is 0 Å². The third-order valence-corrected chi connectivity index (χ3v) is 6.56. The van der Waals surface area contributed by atoms with Gasteiger partial charge in [-0.25, -0.2) is 17.9 Å². The predicted molar refractivity (Wildman–Crippen MR) is 122 cm³/mol. The molecule has 0 fully saturated rings. The summed E-state index contributed by atoms with van der Waals surface area (Å²) in [5.41, 5.74) is 2.02. The molecule has 3 aromatic rings. The lowest BCUT2D eigenvalue weighted by molar-refractivity contribution is -0.139. The zero-order chi connectivity index (χ0) is 23.0. The lowest BCUT2D eigenvalue weighted by atomic mass is 9.90. The first-order valence-corrected chi connectivity index (χ1v) is 11.8. The minimum Gasteiger partial charge on any atom is -0.482 e. The average Bonchev–Trinajstić information content (AvgIpc) is 2.78. The zero-order valence-electron chi connectivity index (χ0n) is 17.1. The third kappa shape index (κ3) is 7.05. The number of aromatic nitrogens is 1. The summed E-state index contributed by atoms with van der Waals surface area (Å²) < 4.78 is 32.9. The van der Waals surface area contributed by atoms with Crippen LogP contribution in [0.1, 0.15) is 23.5 Å². The number of hydrogen-bond donors (Lipinski definition) is 2. The molecule has 0 aliphatic heterocycles. The molecule has 0 spiro atoms. The molecule has 0 saturated heterocycles. The zero-order valence-corrected chi connectivity index (χ0v) is 18.7. The van der Waals surface area contributed by atoms with Crippen LogP contribution in [0, 0.1) is 0 Å². The summed E-state index contributed by atoms with van der Waals surface area (Å²) in [5, 5.41) is 9.19. The van der Waals surface area contributed by atoms with Crippen molar-refractivity contribution < 1.29 is 23.1 Å². The Labute approximate surface area is 192 Å². The van der Waals surface area contributed by atoms with Crippen molar-refractivity contribution >= 4 is 27.6 Å². The maximum atomic E-state index is 12.5. The minimum absolute atomic E-state index is 0.0300. The first-order valence-electron chi connectivity index (χ1n) is 9.92. The number of halogens is 1. The quantitative estimate of drug-likeness (QED) is 0.436. The molecule has 0 aliphatic rings. The van der Waals surface area contributed by atoms with Crippen molar-refractivity contribution in [3.05, 3.63) is 89.2 Å². The van der Waals surface area contributed by atoms with Crippen molar-refractivity contribution in [2.75, 3.05) is 13.2 Å². The van der Waals surface area contributed by atoms with Gasteiger partial charge in [-0.1, -0.05) is 29.8 Å². The predicted octanol–water partition coefficient (Wildman–Crippen LogP) is 3.89. The van der Waals surface area contributed by atoms with E-state index in [1.54, 1.807) is 36.7 Å². The summed E-state index contributed by atoms with van der Waals surface area (Å²) in [6.45, 7) is -0.143. The van der Waals surface area contributed by atoms with E-state index >= 15 is 0 Å². The van der Waals surface area contributed by atoms with Crippen LogP contribution in [0.4, 0.5) is 0 Å². The van der Waals surface area contributed by atoms with Gasteiger partial charge in [0.2, 0.25) is 10.0 Å². The Morgan fingerprint density at radius 2 is 1.81 bits per heavy atom. The van der Waals surface area contributed by atoms with Crippen LogP contribution in [0.25, 0.3) is 0 Å². The van der Waals surface area contributed by atoms with Gasteiger partial charge >= 0.3 is 5.97 Å². The molecule has 1 heterocycles. The molecule has 2 aromatic carbocycles. The van der Waals surface area contributed by atoms with Crippen LogP contribution >= 0.6 is 11.6 Å². The highest BCUT2D eigenvalue weighted by Crippen LogP contribution is 2.25. The highest BCUT2D eigenvalue weighted by atomic mass is 35.5. The number of hydrogen-bond acceptors (Lipinski definition) is 5. The third-order valence-electron chi connectivity index (χ3n) is 4.83. The molecule has 9 heteroatoms. The standard InChI is InChI=1S/C23H23ClN2O5S/c24-20-5-9-22(10-6-20)32(29,30)26-13-11-18(19-2-1-12-25-15-19)14-17-3-7-21(8-4-17)31-16-23(27)28/h1-10,12,15,18,26H,11,13-14,16H2,(H,27,28). The molecule has 0 aliphatic carbocycles. The Bertz CT molecular complexity index is 1120. The van der Waals surface area contributed by atoms with Crippen LogP contribution in [0.15, 0.2) is 78.0 Å². The molecule has 3 rings (SSSR count). The fraction of sp³-hybridized carbons (Fsp3) is 0.217. The number of aliphatic carboxylic acids is 1. The second-order valence-electron chi connectivity index (χ2n) is 7.15. The van der Waals surface area contributed by atoms with E-state index in [4.69, 9.17) is 21.4 Å². The Kier molecular flexibility index (Phi) is 8.21. The Morgan fingerprint density at radius 1 is 1.09 bits per heavy atom. The fourth-order valence-electron chi connectivity index (χ4n) is 3.22.